The van der Waals surface area contributed by atoms with E-state index in [2.05, 4.69) is 10.4 Å². The van der Waals surface area contributed by atoms with Crippen molar-refractivity contribution in [2.75, 3.05) is 7.05 Å². The van der Waals surface area contributed by atoms with E-state index in [0.717, 1.165) is 29.9 Å². The first kappa shape index (κ1) is 12.8. The highest BCUT2D eigenvalue weighted by Crippen LogP contribution is 2.26. The minimum Gasteiger partial charge on any atom is -0.316 e. The second kappa shape index (κ2) is 5.31. The fourth-order valence-corrected chi connectivity index (χ4v) is 2.04. The summed E-state index contributed by atoms with van der Waals surface area (Å²) >= 11 is 0. The van der Waals surface area contributed by atoms with Crippen molar-refractivity contribution in [1.29, 1.82) is 0 Å². The van der Waals surface area contributed by atoms with Crippen LogP contribution in [-0.2, 0) is 13.1 Å². The van der Waals surface area contributed by atoms with E-state index in [-0.39, 0.29) is 5.82 Å². The number of halogens is 1. The summed E-state index contributed by atoms with van der Waals surface area (Å²) in [5, 5.41) is 7.43. The molecule has 0 fully saturated rings. The lowest BCUT2D eigenvalue weighted by Gasteiger charge is -2.05. The van der Waals surface area contributed by atoms with Crippen molar-refractivity contribution in [2.24, 2.45) is 0 Å². The molecule has 96 valence electrons. The van der Waals surface area contributed by atoms with Crippen LogP contribution in [0.5, 0.6) is 0 Å². The van der Waals surface area contributed by atoms with E-state index in [1.807, 2.05) is 37.8 Å². The van der Waals surface area contributed by atoms with E-state index < -0.39 is 0 Å². The standard InChI is InChI=1S/C14H18FN3/c1-4-18-9-13(10(2)17-18)12-7-11(8-16-3)5-6-14(12)15/h5-7,9,16H,4,8H2,1-3H3. The number of rotatable bonds is 4. The van der Waals surface area contributed by atoms with E-state index in [4.69, 9.17) is 0 Å². The van der Waals surface area contributed by atoms with Gasteiger partial charge in [0.15, 0.2) is 0 Å². The summed E-state index contributed by atoms with van der Waals surface area (Å²) in [5.74, 6) is -0.200. The van der Waals surface area contributed by atoms with Crippen molar-refractivity contribution in [2.45, 2.75) is 26.9 Å². The Bertz CT molecular complexity index is 546. The minimum absolute atomic E-state index is 0.200. The molecule has 0 amide bonds. The topological polar surface area (TPSA) is 29.9 Å². The summed E-state index contributed by atoms with van der Waals surface area (Å²) in [6.45, 7) is 5.45. The molecule has 3 nitrogen and oxygen atoms in total. The average molecular weight is 247 g/mol. The Kier molecular flexibility index (Phi) is 3.77. The van der Waals surface area contributed by atoms with Gasteiger partial charge in [-0.1, -0.05) is 6.07 Å². The number of hydrogen-bond acceptors (Lipinski definition) is 2. The molecule has 0 aliphatic rings. The van der Waals surface area contributed by atoms with Crippen LogP contribution >= 0.6 is 0 Å². The zero-order valence-corrected chi connectivity index (χ0v) is 11.0. The Morgan fingerprint density at radius 1 is 1.33 bits per heavy atom. The van der Waals surface area contributed by atoms with Crippen molar-refractivity contribution in [3.05, 3.63) is 41.5 Å². The highest BCUT2D eigenvalue weighted by Gasteiger charge is 2.12. The van der Waals surface area contributed by atoms with Crippen LogP contribution in [0.2, 0.25) is 0 Å². The zero-order valence-electron chi connectivity index (χ0n) is 11.0. The number of aryl methyl sites for hydroxylation is 2. The van der Waals surface area contributed by atoms with Crippen LogP contribution in [0.3, 0.4) is 0 Å². The lowest BCUT2D eigenvalue weighted by Crippen LogP contribution is -2.05. The van der Waals surface area contributed by atoms with Crippen LogP contribution in [0.15, 0.2) is 24.4 Å². The van der Waals surface area contributed by atoms with Gasteiger partial charge in [0.1, 0.15) is 5.82 Å². The van der Waals surface area contributed by atoms with E-state index in [0.29, 0.717) is 5.56 Å². The van der Waals surface area contributed by atoms with E-state index >= 15 is 0 Å². The zero-order chi connectivity index (χ0) is 13.1. The van der Waals surface area contributed by atoms with Gasteiger partial charge in [-0.2, -0.15) is 5.10 Å². The van der Waals surface area contributed by atoms with Crippen molar-refractivity contribution >= 4 is 0 Å². The largest absolute Gasteiger partial charge is 0.316 e. The molecule has 0 spiro atoms. The lowest BCUT2D eigenvalue weighted by atomic mass is 10.0. The first-order valence-electron chi connectivity index (χ1n) is 6.13. The summed E-state index contributed by atoms with van der Waals surface area (Å²) in [4.78, 5) is 0. The molecule has 18 heavy (non-hydrogen) atoms. The molecule has 1 aromatic carbocycles. The number of hydrogen-bond donors (Lipinski definition) is 1. The molecule has 0 atom stereocenters. The fourth-order valence-electron chi connectivity index (χ4n) is 2.04. The third-order valence-electron chi connectivity index (χ3n) is 2.97. The summed E-state index contributed by atoms with van der Waals surface area (Å²) < 4.78 is 15.8. The van der Waals surface area contributed by atoms with Crippen molar-refractivity contribution in [1.82, 2.24) is 15.1 Å². The van der Waals surface area contributed by atoms with Gasteiger partial charge >= 0.3 is 0 Å². The molecule has 0 aliphatic heterocycles. The number of aromatic nitrogens is 2. The van der Waals surface area contributed by atoms with E-state index in [1.54, 1.807) is 6.07 Å². The predicted molar refractivity (Wildman–Crippen MR) is 70.8 cm³/mol. The molecule has 0 aliphatic carbocycles. The van der Waals surface area contributed by atoms with Crippen LogP contribution in [0.1, 0.15) is 18.2 Å². The Morgan fingerprint density at radius 2 is 2.11 bits per heavy atom. The molecule has 0 saturated carbocycles. The molecule has 1 heterocycles. The van der Waals surface area contributed by atoms with Gasteiger partial charge in [0, 0.05) is 30.4 Å². The van der Waals surface area contributed by atoms with Crippen LogP contribution in [0, 0.1) is 12.7 Å². The highest BCUT2D eigenvalue weighted by molar-refractivity contribution is 5.66. The number of nitrogens with one attached hydrogen (secondary N) is 1. The molecular formula is C14H18FN3. The average Bonchev–Trinajstić information content (AvgIpc) is 2.73. The second-order valence-corrected chi connectivity index (χ2v) is 4.33. The normalized spacial score (nSPS) is 10.9. The smallest absolute Gasteiger partial charge is 0.131 e. The van der Waals surface area contributed by atoms with Crippen molar-refractivity contribution < 1.29 is 4.39 Å². The lowest BCUT2D eigenvalue weighted by molar-refractivity contribution is 0.629. The first-order chi connectivity index (χ1) is 8.65. The Labute approximate surface area is 107 Å². The van der Waals surface area contributed by atoms with E-state index in [1.165, 1.54) is 6.07 Å². The monoisotopic (exact) mass is 247 g/mol. The molecule has 1 aromatic heterocycles. The molecule has 0 unspecified atom stereocenters. The Balaban J connectivity index is 2.47. The third-order valence-corrected chi connectivity index (χ3v) is 2.97. The quantitative estimate of drug-likeness (QED) is 0.900. The summed E-state index contributed by atoms with van der Waals surface area (Å²) in [6, 6.07) is 5.20. The molecule has 2 aromatic rings. The van der Waals surface area contributed by atoms with Gasteiger partial charge in [0.25, 0.3) is 0 Å². The fraction of sp³-hybridized carbons (Fsp3) is 0.357. The number of nitrogens with zero attached hydrogens (tertiary/aromatic N) is 2. The van der Waals surface area contributed by atoms with Gasteiger partial charge < -0.3 is 5.32 Å². The van der Waals surface area contributed by atoms with Crippen LogP contribution < -0.4 is 5.32 Å². The first-order valence-corrected chi connectivity index (χ1v) is 6.13. The maximum Gasteiger partial charge on any atom is 0.131 e. The minimum atomic E-state index is -0.200. The van der Waals surface area contributed by atoms with Gasteiger partial charge in [0.2, 0.25) is 0 Å². The van der Waals surface area contributed by atoms with Gasteiger partial charge in [-0.15, -0.1) is 0 Å². The second-order valence-electron chi connectivity index (χ2n) is 4.33. The van der Waals surface area contributed by atoms with Gasteiger partial charge in [0.05, 0.1) is 5.69 Å². The Morgan fingerprint density at radius 3 is 2.72 bits per heavy atom. The highest BCUT2D eigenvalue weighted by atomic mass is 19.1. The van der Waals surface area contributed by atoms with Gasteiger partial charge in [-0.3, -0.25) is 4.68 Å². The molecular weight excluding hydrogens is 229 g/mol. The van der Waals surface area contributed by atoms with Crippen LogP contribution in [0.25, 0.3) is 11.1 Å². The Hall–Kier alpha value is -1.68. The summed E-state index contributed by atoms with van der Waals surface area (Å²) in [7, 11) is 1.88. The maximum atomic E-state index is 13.9. The van der Waals surface area contributed by atoms with Crippen LogP contribution in [0.4, 0.5) is 4.39 Å². The van der Waals surface area contributed by atoms with Crippen molar-refractivity contribution in [3.63, 3.8) is 0 Å². The maximum absolute atomic E-state index is 13.9. The van der Waals surface area contributed by atoms with Crippen LogP contribution in [-0.4, -0.2) is 16.8 Å². The predicted octanol–water partition coefficient (Wildman–Crippen LogP) is 2.74. The van der Waals surface area contributed by atoms with Gasteiger partial charge in [-0.25, -0.2) is 4.39 Å². The molecule has 4 heteroatoms. The summed E-state index contributed by atoms with van der Waals surface area (Å²) in [5.41, 5.74) is 3.42. The molecule has 0 saturated heterocycles. The summed E-state index contributed by atoms with van der Waals surface area (Å²) in [6.07, 6.45) is 1.90. The molecule has 1 N–H and O–H groups in total. The SMILES string of the molecule is CCn1cc(-c2cc(CNC)ccc2F)c(C)n1. The molecule has 0 radical (unpaired) electrons. The molecule has 0 bridgehead atoms. The van der Waals surface area contributed by atoms with E-state index in [9.17, 15) is 4.39 Å². The molecule has 2 rings (SSSR count). The third kappa shape index (κ3) is 2.43. The number of benzene rings is 1. The van der Waals surface area contributed by atoms with Gasteiger partial charge in [-0.05, 0) is 38.6 Å². The van der Waals surface area contributed by atoms with Crippen molar-refractivity contribution in [3.8, 4) is 11.1 Å².